The Labute approximate surface area is 335 Å². The average molecular weight is 796 g/mol. The number of piperidine rings is 2. The summed E-state index contributed by atoms with van der Waals surface area (Å²) in [5.41, 5.74) is 3.87. The molecule has 2 unspecified atom stereocenters. The van der Waals surface area contributed by atoms with Gasteiger partial charge in [0.25, 0.3) is 5.91 Å². The van der Waals surface area contributed by atoms with E-state index in [2.05, 4.69) is 35.6 Å². The number of carbonyl (C=O) groups is 4. The zero-order chi connectivity index (χ0) is 39.8. The normalized spacial score (nSPS) is 25.6. The predicted octanol–water partition coefficient (Wildman–Crippen LogP) is 3.09. The summed E-state index contributed by atoms with van der Waals surface area (Å²) < 4.78 is 0. The minimum absolute atomic E-state index is 0.127. The highest BCUT2D eigenvalue weighted by Crippen LogP contribution is 2.38. The van der Waals surface area contributed by atoms with E-state index in [1.165, 1.54) is 4.90 Å². The summed E-state index contributed by atoms with van der Waals surface area (Å²) in [6.45, 7) is 6.28. The largest absolute Gasteiger partial charge is 0.391 e. The maximum absolute atomic E-state index is 13.4. The quantitative estimate of drug-likeness (QED) is 0.199. The van der Waals surface area contributed by atoms with E-state index in [-0.39, 0.29) is 36.6 Å². The van der Waals surface area contributed by atoms with E-state index in [9.17, 15) is 29.4 Å². The second kappa shape index (κ2) is 16.3. The van der Waals surface area contributed by atoms with E-state index in [0.717, 1.165) is 70.0 Å². The van der Waals surface area contributed by atoms with Crippen LogP contribution in [-0.2, 0) is 14.4 Å². The maximum atomic E-state index is 13.4. The number of amides is 4. The molecule has 57 heavy (non-hydrogen) atoms. The number of aliphatic hydroxyl groups excluding tert-OH is 2. The van der Waals surface area contributed by atoms with E-state index in [1.807, 2.05) is 30.3 Å². The van der Waals surface area contributed by atoms with Crippen LogP contribution in [0.5, 0.6) is 0 Å². The Bertz CT molecular complexity index is 2080. The third-order valence-electron chi connectivity index (χ3n) is 12.2. The van der Waals surface area contributed by atoms with Crippen molar-refractivity contribution >= 4 is 58.1 Å². The van der Waals surface area contributed by atoms with Gasteiger partial charge in [0.05, 0.1) is 34.6 Å². The summed E-state index contributed by atoms with van der Waals surface area (Å²) in [7, 11) is 0. The van der Waals surface area contributed by atoms with Gasteiger partial charge in [-0.1, -0.05) is 17.7 Å². The zero-order valence-electron chi connectivity index (χ0n) is 31.4. The summed E-state index contributed by atoms with van der Waals surface area (Å²) in [6, 6.07) is 15.2. The number of nitriles is 1. The predicted molar refractivity (Wildman–Crippen MR) is 213 cm³/mol. The van der Waals surface area contributed by atoms with Crippen molar-refractivity contribution in [3.05, 3.63) is 76.4 Å². The minimum Gasteiger partial charge on any atom is -0.391 e. The summed E-state index contributed by atoms with van der Waals surface area (Å²) in [6.07, 6.45) is 3.09. The summed E-state index contributed by atoms with van der Waals surface area (Å²) in [5, 5.41) is 39.5. The Kier molecular flexibility index (Phi) is 11.0. The van der Waals surface area contributed by atoms with Gasteiger partial charge in [-0.3, -0.25) is 34.3 Å². The lowest BCUT2D eigenvalue weighted by atomic mass is 9.95. The van der Waals surface area contributed by atoms with Crippen molar-refractivity contribution in [2.75, 3.05) is 66.2 Å². The number of benzene rings is 2. The first-order chi connectivity index (χ1) is 27.5. The number of hydrogen-bond acceptors (Lipinski definition) is 12. The number of nitrogens with one attached hydrogen (secondary N) is 3. The molecule has 0 bridgehead atoms. The van der Waals surface area contributed by atoms with Gasteiger partial charge < -0.3 is 30.6 Å². The van der Waals surface area contributed by atoms with Gasteiger partial charge in [-0.25, -0.2) is 4.98 Å². The summed E-state index contributed by atoms with van der Waals surface area (Å²) in [4.78, 5) is 63.4. The molecule has 0 radical (unpaired) electrons. The number of rotatable bonds is 9. The fraction of sp³-hybridized carbons (Fsp3) is 0.463. The van der Waals surface area contributed by atoms with Gasteiger partial charge in [0, 0.05) is 80.7 Å². The molecule has 16 heteroatoms. The lowest BCUT2D eigenvalue weighted by Gasteiger charge is -2.40. The minimum atomic E-state index is -1.22. The number of pyridine rings is 1. The monoisotopic (exact) mass is 795 g/mol. The van der Waals surface area contributed by atoms with Crippen molar-refractivity contribution in [3.8, 4) is 6.07 Å². The molecule has 5 heterocycles. The number of hydrogen-bond donors (Lipinski definition) is 5. The highest BCUT2D eigenvalue weighted by atomic mass is 35.5. The number of halogens is 1. The molecule has 1 aliphatic carbocycles. The summed E-state index contributed by atoms with van der Waals surface area (Å²) >= 11 is 6.16. The number of imide groups is 1. The van der Waals surface area contributed by atoms with Crippen LogP contribution in [0.4, 0.5) is 22.9 Å². The number of aliphatic hydroxyl groups is 2. The van der Waals surface area contributed by atoms with E-state index in [0.29, 0.717) is 52.0 Å². The number of aromatic nitrogens is 1. The second-order valence-corrected chi connectivity index (χ2v) is 16.1. The Morgan fingerprint density at radius 3 is 2.39 bits per heavy atom. The van der Waals surface area contributed by atoms with Crippen LogP contribution in [0.1, 0.15) is 66.2 Å². The third kappa shape index (κ3) is 8.13. The first kappa shape index (κ1) is 38.6. The Balaban J connectivity index is 0.767. The highest BCUT2D eigenvalue weighted by molar-refractivity contribution is 6.32. The Morgan fingerprint density at radius 1 is 0.930 bits per heavy atom. The molecule has 5 N–H and O–H groups in total. The number of piperazine rings is 1. The summed E-state index contributed by atoms with van der Waals surface area (Å²) in [5.74, 6) is -0.829. The molecular formula is C41H46ClN9O6. The Morgan fingerprint density at radius 2 is 1.68 bits per heavy atom. The molecule has 5 aliphatic rings. The van der Waals surface area contributed by atoms with Crippen molar-refractivity contribution in [2.24, 2.45) is 11.8 Å². The lowest BCUT2D eigenvalue weighted by molar-refractivity contribution is -0.139. The standard InChI is InChI=1S/C41H46ClN9O6/c42-32-19-27(2-1-25(32)21-43)45-33-17-26(18-35(33)52)38(54)46-36-7-4-29(22-44-36)49-11-9-24(10-12-49)23-48-13-15-50(16-14-48)28-3-5-30-31(20-28)41(57)51(40(30)56)34-6-8-37(53)47-39(34)55/h1-5,7,19-20,22,24,26,33-35,40,45,52,56H,6,8-18,23H2,(H,44,46,54)(H,47,53,55)/t26-,33-,34?,35+,40?/m1/s1. The van der Waals surface area contributed by atoms with Gasteiger partial charge in [-0.15, -0.1) is 0 Å². The van der Waals surface area contributed by atoms with Crippen LogP contribution in [0.15, 0.2) is 54.7 Å². The molecule has 5 atom stereocenters. The smallest absolute Gasteiger partial charge is 0.257 e. The molecule has 298 valence electrons. The molecule has 1 aromatic heterocycles. The van der Waals surface area contributed by atoms with Crippen LogP contribution in [0, 0.1) is 23.2 Å². The Hall–Kier alpha value is -5.27. The van der Waals surface area contributed by atoms with Crippen LogP contribution in [-0.4, -0.2) is 113 Å². The van der Waals surface area contributed by atoms with Crippen molar-refractivity contribution in [3.63, 3.8) is 0 Å². The molecular weight excluding hydrogens is 750 g/mol. The fourth-order valence-electron chi connectivity index (χ4n) is 8.91. The number of anilines is 4. The lowest BCUT2D eigenvalue weighted by Crippen LogP contribution is -2.53. The zero-order valence-corrected chi connectivity index (χ0v) is 32.2. The van der Waals surface area contributed by atoms with Crippen LogP contribution in [0.2, 0.25) is 5.02 Å². The number of carbonyl (C=O) groups excluding carboxylic acids is 4. The first-order valence-electron chi connectivity index (χ1n) is 19.7. The fourth-order valence-corrected chi connectivity index (χ4v) is 9.13. The number of fused-ring (bicyclic) bond motifs is 1. The molecule has 0 spiro atoms. The van der Waals surface area contributed by atoms with E-state index in [4.69, 9.17) is 16.9 Å². The van der Waals surface area contributed by atoms with Crippen LogP contribution >= 0.6 is 11.6 Å². The molecule has 4 fully saturated rings. The van der Waals surface area contributed by atoms with Gasteiger partial charge >= 0.3 is 0 Å². The van der Waals surface area contributed by atoms with Gasteiger partial charge in [-0.2, -0.15) is 5.26 Å². The van der Waals surface area contributed by atoms with Crippen molar-refractivity contribution < 1.29 is 29.4 Å². The molecule has 1 saturated carbocycles. The maximum Gasteiger partial charge on any atom is 0.257 e. The van der Waals surface area contributed by atoms with Crippen LogP contribution in [0.25, 0.3) is 0 Å². The van der Waals surface area contributed by atoms with Crippen molar-refractivity contribution in [2.45, 2.75) is 62.9 Å². The van der Waals surface area contributed by atoms with Gasteiger partial charge in [0.2, 0.25) is 17.7 Å². The van der Waals surface area contributed by atoms with E-state index < -0.39 is 30.2 Å². The topological polar surface area (TPSA) is 194 Å². The molecule has 3 aromatic rings. The second-order valence-electron chi connectivity index (χ2n) is 15.7. The van der Waals surface area contributed by atoms with Crippen LogP contribution in [0.3, 0.4) is 0 Å². The molecule has 4 amide bonds. The van der Waals surface area contributed by atoms with Crippen molar-refractivity contribution in [1.82, 2.24) is 20.1 Å². The molecule has 2 aromatic carbocycles. The molecule has 3 saturated heterocycles. The van der Waals surface area contributed by atoms with E-state index >= 15 is 0 Å². The third-order valence-corrected chi connectivity index (χ3v) is 12.5. The average Bonchev–Trinajstić information content (AvgIpc) is 3.70. The van der Waals surface area contributed by atoms with Crippen molar-refractivity contribution in [1.29, 1.82) is 5.26 Å². The highest BCUT2D eigenvalue weighted by Gasteiger charge is 2.44. The van der Waals surface area contributed by atoms with Gasteiger partial charge in [0.15, 0.2) is 6.23 Å². The number of nitrogens with zero attached hydrogens (tertiary/aromatic N) is 6. The van der Waals surface area contributed by atoms with E-state index in [1.54, 1.807) is 30.5 Å². The van der Waals surface area contributed by atoms with Crippen LogP contribution < -0.4 is 25.8 Å². The van der Waals surface area contributed by atoms with Gasteiger partial charge in [0.1, 0.15) is 17.9 Å². The molecule has 8 rings (SSSR count). The molecule has 15 nitrogen and oxygen atoms in total. The first-order valence-corrected chi connectivity index (χ1v) is 20.0. The SMILES string of the molecule is N#Cc1ccc(N[C@@H]2C[C@@H](C(=O)Nc3ccc(N4CCC(CN5CCN(c6ccc7c(c6)C(=O)N(C6CCC(=O)NC6=O)C7O)CC5)CC4)cn3)C[C@@H]2O)cc1Cl. The molecule has 4 aliphatic heterocycles. The van der Waals surface area contributed by atoms with Gasteiger partial charge in [-0.05, 0) is 80.5 Å².